The lowest BCUT2D eigenvalue weighted by Crippen LogP contribution is -1.94. The molecule has 1 rings (SSSR count). The maximum absolute atomic E-state index is 6.12. The largest absolute Gasteiger partial charge is 0.493 e. The molecule has 0 N–H and O–H groups in total. The molecule has 0 aliphatic carbocycles. The normalized spacial score (nSPS) is 12.3. The summed E-state index contributed by atoms with van der Waals surface area (Å²) in [6.07, 6.45) is 0.900. The molecule has 0 aliphatic heterocycles. The fourth-order valence-electron chi connectivity index (χ4n) is 1.28. The van der Waals surface area contributed by atoms with Gasteiger partial charge in [-0.05, 0) is 24.1 Å². The molecule has 0 aromatic heterocycles. The van der Waals surface area contributed by atoms with Crippen LogP contribution >= 0.6 is 11.6 Å². The summed E-state index contributed by atoms with van der Waals surface area (Å²) in [5, 5.41) is 0.0369. The molecule has 1 unspecified atom stereocenters. The Hall–Kier alpha value is -0.890. The minimum Gasteiger partial charge on any atom is -0.493 e. The molecule has 2 nitrogen and oxygen atoms in total. The summed E-state index contributed by atoms with van der Waals surface area (Å²) in [5.74, 6) is 1.46. The van der Waals surface area contributed by atoms with Crippen LogP contribution in [0.1, 0.15) is 24.3 Å². The molecule has 78 valence electrons. The third-order valence-corrected chi connectivity index (χ3v) is 2.69. The van der Waals surface area contributed by atoms with Crippen LogP contribution in [0.3, 0.4) is 0 Å². The van der Waals surface area contributed by atoms with E-state index >= 15 is 0 Å². The molecule has 0 spiro atoms. The predicted molar refractivity (Wildman–Crippen MR) is 58.4 cm³/mol. The molecule has 14 heavy (non-hydrogen) atoms. The first-order valence-electron chi connectivity index (χ1n) is 4.59. The van der Waals surface area contributed by atoms with Crippen molar-refractivity contribution in [3.63, 3.8) is 0 Å². The Morgan fingerprint density at radius 3 is 2.36 bits per heavy atom. The highest BCUT2D eigenvalue weighted by atomic mass is 35.5. The molecular formula is C11H15ClO2. The van der Waals surface area contributed by atoms with Crippen LogP contribution in [0.2, 0.25) is 0 Å². The third-order valence-electron chi connectivity index (χ3n) is 2.13. The summed E-state index contributed by atoms with van der Waals surface area (Å²) >= 11 is 6.12. The van der Waals surface area contributed by atoms with Crippen LogP contribution < -0.4 is 9.47 Å². The van der Waals surface area contributed by atoms with Gasteiger partial charge in [-0.15, -0.1) is 11.6 Å². The number of hydrogen-bond donors (Lipinski definition) is 0. The predicted octanol–water partition coefficient (Wildman–Crippen LogP) is 3.39. The zero-order valence-electron chi connectivity index (χ0n) is 8.71. The van der Waals surface area contributed by atoms with Gasteiger partial charge in [0.1, 0.15) is 0 Å². The molecule has 0 aliphatic rings. The number of methoxy groups -OCH3 is 2. The van der Waals surface area contributed by atoms with Gasteiger partial charge in [-0.3, -0.25) is 0 Å². The second-order valence-electron chi connectivity index (χ2n) is 2.99. The maximum atomic E-state index is 6.12. The molecule has 0 fully saturated rings. The van der Waals surface area contributed by atoms with E-state index in [4.69, 9.17) is 21.1 Å². The smallest absolute Gasteiger partial charge is 0.161 e. The molecule has 1 aromatic rings. The van der Waals surface area contributed by atoms with Crippen molar-refractivity contribution in [3.8, 4) is 11.5 Å². The Balaban J connectivity index is 3.01. The highest BCUT2D eigenvalue weighted by Crippen LogP contribution is 2.33. The first kappa shape index (κ1) is 11.2. The van der Waals surface area contributed by atoms with Crippen molar-refractivity contribution in [1.29, 1.82) is 0 Å². The second kappa shape index (κ2) is 5.11. The first-order valence-corrected chi connectivity index (χ1v) is 5.02. The van der Waals surface area contributed by atoms with Crippen molar-refractivity contribution in [2.75, 3.05) is 14.2 Å². The molecule has 1 aromatic carbocycles. The standard InChI is InChI=1S/C11H15ClO2/c1-4-9(12)8-5-6-10(13-2)11(7-8)14-3/h5-7,9H,4H2,1-3H3. The van der Waals surface area contributed by atoms with Crippen LogP contribution in [-0.4, -0.2) is 14.2 Å². The van der Waals surface area contributed by atoms with Crippen molar-refractivity contribution in [2.45, 2.75) is 18.7 Å². The number of hydrogen-bond acceptors (Lipinski definition) is 2. The van der Waals surface area contributed by atoms with E-state index in [1.54, 1.807) is 14.2 Å². The van der Waals surface area contributed by atoms with E-state index in [0.717, 1.165) is 23.5 Å². The summed E-state index contributed by atoms with van der Waals surface area (Å²) in [5.41, 5.74) is 1.06. The zero-order valence-corrected chi connectivity index (χ0v) is 9.47. The van der Waals surface area contributed by atoms with E-state index < -0.39 is 0 Å². The van der Waals surface area contributed by atoms with Crippen LogP contribution in [-0.2, 0) is 0 Å². The van der Waals surface area contributed by atoms with Crippen molar-refractivity contribution < 1.29 is 9.47 Å². The van der Waals surface area contributed by atoms with Gasteiger partial charge in [-0.25, -0.2) is 0 Å². The molecule has 3 heteroatoms. The van der Waals surface area contributed by atoms with E-state index in [1.807, 2.05) is 25.1 Å². The molecule has 0 heterocycles. The van der Waals surface area contributed by atoms with Crippen molar-refractivity contribution in [3.05, 3.63) is 23.8 Å². The maximum Gasteiger partial charge on any atom is 0.161 e. The summed E-state index contributed by atoms with van der Waals surface area (Å²) in [4.78, 5) is 0. The summed E-state index contributed by atoms with van der Waals surface area (Å²) < 4.78 is 10.3. The highest BCUT2D eigenvalue weighted by Gasteiger charge is 2.09. The summed E-state index contributed by atoms with van der Waals surface area (Å²) in [6, 6.07) is 5.75. The van der Waals surface area contributed by atoms with Crippen LogP contribution in [0.4, 0.5) is 0 Å². The van der Waals surface area contributed by atoms with Crippen LogP contribution in [0.5, 0.6) is 11.5 Å². The number of benzene rings is 1. The van der Waals surface area contributed by atoms with Gasteiger partial charge in [-0.1, -0.05) is 13.0 Å². The SMILES string of the molecule is CCC(Cl)c1ccc(OC)c(OC)c1. The Bertz CT molecular complexity index is 299. The molecule has 0 bridgehead atoms. The van der Waals surface area contributed by atoms with Gasteiger partial charge < -0.3 is 9.47 Å². The van der Waals surface area contributed by atoms with Crippen molar-refractivity contribution in [1.82, 2.24) is 0 Å². The molecule has 0 saturated heterocycles. The topological polar surface area (TPSA) is 18.5 Å². The third kappa shape index (κ3) is 2.32. The van der Waals surface area contributed by atoms with Crippen LogP contribution in [0, 0.1) is 0 Å². The minimum atomic E-state index is 0.0369. The molecule has 0 radical (unpaired) electrons. The first-order chi connectivity index (χ1) is 6.72. The Kier molecular flexibility index (Phi) is 4.08. The van der Waals surface area contributed by atoms with Gasteiger partial charge in [0.2, 0.25) is 0 Å². The summed E-state index contributed by atoms with van der Waals surface area (Å²) in [7, 11) is 3.24. The van der Waals surface area contributed by atoms with E-state index in [0.29, 0.717) is 0 Å². The van der Waals surface area contributed by atoms with Gasteiger partial charge in [0.25, 0.3) is 0 Å². The Labute approximate surface area is 89.8 Å². The number of ether oxygens (including phenoxy) is 2. The highest BCUT2D eigenvalue weighted by molar-refractivity contribution is 6.20. The fraction of sp³-hybridized carbons (Fsp3) is 0.455. The second-order valence-corrected chi connectivity index (χ2v) is 3.52. The fourth-order valence-corrected chi connectivity index (χ4v) is 1.42. The number of alkyl halides is 1. The quantitative estimate of drug-likeness (QED) is 0.716. The van der Waals surface area contributed by atoms with Gasteiger partial charge in [0, 0.05) is 0 Å². The lowest BCUT2D eigenvalue weighted by Gasteiger charge is -2.11. The number of halogens is 1. The number of rotatable bonds is 4. The van der Waals surface area contributed by atoms with Gasteiger partial charge in [0.05, 0.1) is 19.6 Å². The monoisotopic (exact) mass is 214 g/mol. The van der Waals surface area contributed by atoms with E-state index in [1.165, 1.54) is 0 Å². The molecule has 0 saturated carbocycles. The van der Waals surface area contributed by atoms with Gasteiger partial charge >= 0.3 is 0 Å². The van der Waals surface area contributed by atoms with Gasteiger partial charge in [-0.2, -0.15) is 0 Å². The molecular weight excluding hydrogens is 200 g/mol. The average molecular weight is 215 g/mol. The Morgan fingerprint density at radius 2 is 1.86 bits per heavy atom. The molecule has 1 atom stereocenters. The van der Waals surface area contributed by atoms with E-state index in [-0.39, 0.29) is 5.38 Å². The van der Waals surface area contributed by atoms with Crippen molar-refractivity contribution in [2.24, 2.45) is 0 Å². The van der Waals surface area contributed by atoms with Crippen LogP contribution in [0.25, 0.3) is 0 Å². The van der Waals surface area contributed by atoms with Crippen LogP contribution in [0.15, 0.2) is 18.2 Å². The Morgan fingerprint density at radius 1 is 1.21 bits per heavy atom. The van der Waals surface area contributed by atoms with E-state index in [2.05, 4.69) is 0 Å². The summed E-state index contributed by atoms with van der Waals surface area (Å²) in [6.45, 7) is 2.05. The molecule has 0 amide bonds. The zero-order chi connectivity index (χ0) is 10.6. The lowest BCUT2D eigenvalue weighted by atomic mass is 10.1. The van der Waals surface area contributed by atoms with Crippen molar-refractivity contribution >= 4 is 11.6 Å². The average Bonchev–Trinajstić information content (AvgIpc) is 2.26. The van der Waals surface area contributed by atoms with Gasteiger partial charge in [0.15, 0.2) is 11.5 Å². The lowest BCUT2D eigenvalue weighted by molar-refractivity contribution is 0.354. The minimum absolute atomic E-state index is 0.0369. The van der Waals surface area contributed by atoms with E-state index in [9.17, 15) is 0 Å².